The predicted molar refractivity (Wildman–Crippen MR) is 73.2 cm³/mol. The minimum atomic E-state index is -0.770. The van der Waals surface area contributed by atoms with Crippen LogP contribution in [0.4, 0.5) is 5.82 Å². The zero-order chi connectivity index (χ0) is 15.4. The molecule has 0 amide bonds. The Morgan fingerprint density at radius 2 is 1.90 bits per heavy atom. The molecule has 0 aliphatic carbocycles. The molecule has 21 heavy (non-hydrogen) atoms. The number of ether oxygens (including phenoxy) is 2. The molecule has 0 saturated heterocycles. The van der Waals surface area contributed by atoms with Gasteiger partial charge < -0.3 is 14.6 Å². The molecule has 0 bridgehead atoms. The van der Waals surface area contributed by atoms with Crippen LogP contribution in [0.25, 0.3) is 0 Å². The number of aromatic nitrogens is 1. The van der Waals surface area contributed by atoms with Crippen LogP contribution < -0.4 is 24.8 Å². The Bertz CT molecular complexity index is 672. The molecule has 7 heteroatoms. The number of rotatable bonds is 4. The van der Waals surface area contributed by atoms with E-state index in [1.54, 1.807) is 12.1 Å². The second-order valence-electron chi connectivity index (χ2n) is 4.05. The summed E-state index contributed by atoms with van der Waals surface area (Å²) in [6.45, 7) is 0. The molecule has 7 nitrogen and oxygen atoms in total. The van der Waals surface area contributed by atoms with Gasteiger partial charge in [-0.15, -0.1) is 0 Å². The number of nitrogens with zero attached hydrogens (tertiary/aromatic N) is 1. The molecular weight excluding hydrogens is 276 g/mol. The van der Waals surface area contributed by atoms with Crippen LogP contribution in [0.5, 0.6) is 17.4 Å². The smallest absolute Gasteiger partial charge is 0.392 e. The van der Waals surface area contributed by atoms with Gasteiger partial charge in [-0.2, -0.15) is 0 Å². The fourth-order valence-electron chi connectivity index (χ4n) is 1.69. The molecule has 3 N–H and O–H groups in total. The summed E-state index contributed by atoms with van der Waals surface area (Å²) in [7, 11) is 2.88. The van der Waals surface area contributed by atoms with Gasteiger partial charge in [-0.1, -0.05) is 12.1 Å². The van der Waals surface area contributed by atoms with Crippen molar-refractivity contribution in [3.63, 3.8) is 0 Å². The Hall–Kier alpha value is -2.96. The van der Waals surface area contributed by atoms with Gasteiger partial charge >= 0.3 is 17.7 Å². The second-order valence-corrected chi connectivity index (χ2v) is 4.05. The number of nitrogens with two attached hydrogens (primary N) is 1. The molecule has 2 aromatic rings. The van der Waals surface area contributed by atoms with Crippen molar-refractivity contribution in [3.8, 4) is 17.4 Å². The fourth-order valence-corrected chi connectivity index (χ4v) is 1.69. The summed E-state index contributed by atoms with van der Waals surface area (Å²) in [6, 6.07) is 9.01. The van der Waals surface area contributed by atoms with Crippen LogP contribution >= 0.6 is 0 Å². The maximum atomic E-state index is 12.1. The monoisotopic (exact) mass is 291 g/mol. The topological polar surface area (TPSA) is 94.9 Å². The van der Waals surface area contributed by atoms with Crippen LogP contribution in [-0.4, -0.2) is 25.3 Å². The SMILES string of the molecule is COc1cc(N)[n+](OC(=O)c2ccccc2O)c(OC)c1. The summed E-state index contributed by atoms with van der Waals surface area (Å²) < 4.78 is 11.2. The summed E-state index contributed by atoms with van der Waals surface area (Å²) in [6.07, 6.45) is 0. The summed E-state index contributed by atoms with van der Waals surface area (Å²) in [5.74, 6) is -0.216. The lowest BCUT2D eigenvalue weighted by atomic mass is 10.2. The highest BCUT2D eigenvalue weighted by Crippen LogP contribution is 2.19. The van der Waals surface area contributed by atoms with E-state index in [0.717, 1.165) is 4.73 Å². The van der Waals surface area contributed by atoms with Crippen LogP contribution in [0.3, 0.4) is 0 Å². The normalized spacial score (nSPS) is 10.0. The molecule has 110 valence electrons. The van der Waals surface area contributed by atoms with Gasteiger partial charge in [0.25, 0.3) is 0 Å². The molecule has 1 aromatic carbocycles. The van der Waals surface area contributed by atoms with Gasteiger partial charge in [0.1, 0.15) is 17.1 Å². The molecule has 0 aliphatic heterocycles. The average Bonchev–Trinajstić information content (AvgIpc) is 2.49. The number of para-hydroxylation sites is 1. The Kier molecular flexibility index (Phi) is 4.13. The fraction of sp³-hybridized carbons (Fsp3) is 0.143. The Balaban J connectivity index is 2.35. The number of phenols is 1. The van der Waals surface area contributed by atoms with Gasteiger partial charge in [-0.05, 0) is 12.1 Å². The lowest BCUT2D eigenvalue weighted by molar-refractivity contribution is -0.858. The first-order valence-corrected chi connectivity index (χ1v) is 6.01. The molecule has 1 aromatic heterocycles. The first-order chi connectivity index (χ1) is 10.1. The molecular formula is C14H15N2O5+. The van der Waals surface area contributed by atoms with E-state index in [-0.39, 0.29) is 23.0 Å². The van der Waals surface area contributed by atoms with Gasteiger partial charge in [0.15, 0.2) is 0 Å². The van der Waals surface area contributed by atoms with Crippen LogP contribution in [0, 0.1) is 0 Å². The number of benzene rings is 1. The molecule has 0 unspecified atom stereocenters. The predicted octanol–water partition coefficient (Wildman–Crippen LogP) is 0.548. The van der Waals surface area contributed by atoms with Crippen LogP contribution in [0.15, 0.2) is 36.4 Å². The molecule has 0 saturated carbocycles. The third-order valence-corrected chi connectivity index (χ3v) is 2.73. The molecule has 2 rings (SSSR count). The minimum absolute atomic E-state index is 0.0160. The highest BCUT2D eigenvalue weighted by atomic mass is 16.7. The third kappa shape index (κ3) is 2.97. The van der Waals surface area contributed by atoms with E-state index in [0.29, 0.717) is 5.75 Å². The van der Waals surface area contributed by atoms with Crippen molar-refractivity contribution in [1.82, 2.24) is 0 Å². The van der Waals surface area contributed by atoms with Crippen LogP contribution in [0.1, 0.15) is 10.4 Å². The van der Waals surface area contributed by atoms with E-state index in [1.165, 1.54) is 38.5 Å². The highest BCUT2D eigenvalue weighted by molar-refractivity contribution is 5.92. The van der Waals surface area contributed by atoms with E-state index in [1.807, 2.05) is 0 Å². The molecule has 1 heterocycles. The molecule has 0 spiro atoms. The van der Waals surface area contributed by atoms with Crippen LogP contribution in [-0.2, 0) is 0 Å². The van der Waals surface area contributed by atoms with E-state index < -0.39 is 5.97 Å². The lowest BCUT2D eigenvalue weighted by Crippen LogP contribution is -2.49. The number of anilines is 1. The van der Waals surface area contributed by atoms with Crippen molar-refractivity contribution in [3.05, 3.63) is 42.0 Å². The average molecular weight is 291 g/mol. The van der Waals surface area contributed by atoms with Gasteiger partial charge in [0, 0.05) is 4.73 Å². The van der Waals surface area contributed by atoms with Crippen LogP contribution in [0.2, 0.25) is 0 Å². The first kappa shape index (κ1) is 14.4. The van der Waals surface area contributed by atoms with Crippen molar-refractivity contribution in [1.29, 1.82) is 0 Å². The summed E-state index contributed by atoms with van der Waals surface area (Å²) in [5.41, 5.74) is 5.82. The van der Waals surface area contributed by atoms with Gasteiger partial charge in [0.2, 0.25) is 0 Å². The molecule has 0 atom stereocenters. The number of aromatic hydroxyl groups is 1. The number of pyridine rings is 1. The Morgan fingerprint density at radius 1 is 1.19 bits per heavy atom. The van der Waals surface area contributed by atoms with Crippen molar-refractivity contribution in [2.45, 2.75) is 0 Å². The maximum Gasteiger partial charge on any atom is 0.392 e. The van der Waals surface area contributed by atoms with E-state index in [9.17, 15) is 9.90 Å². The number of methoxy groups -OCH3 is 2. The number of nitrogen functional groups attached to an aromatic ring is 1. The van der Waals surface area contributed by atoms with E-state index in [2.05, 4.69) is 0 Å². The number of hydrogen-bond acceptors (Lipinski definition) is 6. The highest BCUT2D eigenvalue weighted by Gasteiger charge is 2.22. The Morgan fingerprint density at radius 3 is 2.52 bits per heavy atom. The van der Waals surface area contributed by atoms with Crippen molar-refractivity contribution in [2.75, 3.05) is 20.0 Å². The summed E-state index contributed by atoms with van der Waals surface area (Å²) >= 11 is 0. The largest absolute Gasteiger partial charge is 0.507 e. The van der Waals surface area contributed by atoms with Crippen molar-refractivity contribution in [2.24, 2.45) is 0 Å². The van der Waals surface area contributed by atoms with Crippen molar-refractivity contribution < 1.29 is 28.9 Å². The zero-order valence-corrected chi connectivity index (χ0v) is 11.6. The standard InChI is InChI=1S/C14H14N2O5/c1-19-9-7-12(15)16(13(8-9)20-2)21-14(18)10-5-3-4-6-11(10)17/h3-8,15H,1-2H3,(H,17,18)/p+1. The number of carbonyl (C=O) groups is 1. The molecule has 0 fully saturated rings. The maximum absolute atomic E-state index is 12.1. The van der Waals surface area contributed by atoms with E-state index in [4.69, 9.17) is 20.0 Å². The molecule has 0 aliphatic rings. The zero-order valence-electron chi connectivity index (χ0n) is 11.6. The summed E-state index contributed by atoms with van der Waals surface area (Å²) in [4.78, 5) is 17.2. The Labute approximate surface area is 121 Å². The summed E-state index contributed by atoms with van der Waals surface area (Å²) in [5, 5.41) is 9.64. The first-order valence-electron chi connectivity index (χ1n) is 6.01. The third-order valence-electron chi connectivity index (χ3n) is 2.73. The number of carbonyl (C=O) groups excluding carboxylic acids is 1. The number of phenolic OH excluding ortho intramolecular Hbond substituents is 1. The van der Waals surface area contributed by atoms with Crippen molar-refractivity contribution >= 4 is 11.8 Å². The molecule has 0 radical (unpaired) electrons. The lowest BCUT2D eigenvalue weighted by Gasteiger charge is -2.09. The number of hydrogen-bond donors (Lipinski definition) is 2. The van der Waals surface area contributed by atoms with Gasteiger partial charge in [-0.25, -0.2) is 9.63 Å². The van der Waals surface area contributed by atoms with Gasteiger partial charge in [-0.3, -0.25) is 5.73 Å². The van der Waals surface area contributed by atoms with Gasteiger partial charge in [0.05, 0.1) is 26.4 Å². The quantitative estimate of drug-likeness (QED) is 0.799. The van der Waals surface area contributed by atoms with E-state index >= 15 is 0 Å². The minimum Gasteiger partial charge on any atom is -0.507 e. The second kappa shape index (κ2) is 6.00.